The number of anilines is 1. The van der Waals surface area contributed by atoms with E-state index >= 15 is 0 Å². The van der Waals surface area contributed by atoms with Gasteiger partial charge in [0.05, 0.1) is 23.5 Å². The van der Waals surface area contributed by atoms with Crippen molar-refractivity contribution >= 4 is 21.6 Å². The molecule has 0 saturated carbocycles. The first kappa shape index (κ1) is 18.1. The van der Waals surface area contributed by atoms with Crippen LogP contribution in [0.1, 0.15) is 28.9 Å². The molecule has 3 rings (SSSR count). The molecular formula is C18H20N2O5S. The molecule has 1 atom stereocenters. The number of carbonyl (C=O) groups is 1. The van der Waals surface area contributed by atoms with Crippen molar-refractivity contribution in [2.45, 2.75) is 13.0 Å². The lowest BCUT2D eigenvalue weighted by Gasteiger charge is -2.21. The Kier molecular flexibility index (Phi) is 5.03. The van der Waals surface area contributed by atoms with Crippen LogP contribution in [0, 0.1) is 0 Å². The average Bonchev–Trinajstić information content (AvgIpc) is 2.60. The third-order valence-corrected chi connectivity index (χ3v) is 4.47. The summed E-state index contributed by atoms with van der Waals surface area (Å²) in [6.07, 6.45) is 1.04. The molecule has 2 aromatic carbocycles. The summed E-state index contributed by atoms with van der Waals surface area (Å²) in [7, 11) is -3.48. The zero-order chi connectivity index (χ0) is 18.7. The molecule has 7 nitrogen and oxygen atoms in total. The summed E-state index contributed by atoms with van der Waals surface area (Å²) in [6, 6.07) is 11.7. The second kappa shape index (κ2) is 7.25. The number of para-hydroxylation sites is 1. The molecule has 0 spiro atoms. The van der Waals surface area contributed by atoms with E-state index in [2.05, 4.69) is 10.0 Å². The van der Waals surface area contributed by atoms with Crippen molar-refractivity contribution in [3.8, 4) is 11.5 Å². The number of benzene rings is 2. The summed E-state index contributed by atoms with van der Waals surface area (Å²) in [4.78, 5) is 12.6. The second-order valence-corrected chi connectivity index (χ2v) is 7.77. The number of nitrogens with one attached hydrogen (secondary N) is 2. The number of sulfonamides is 1. The summed E-state index contributed by atoms with van der Waals surface area (Å²) in [6.45, 7) is 2.85. The molecule has 0 saturated heterocycles. The third kappa shape index (κ3) is 4.26. The van der Waals surface area contributed by atoms with E-state index in [1.807, 2.05) is 25.1 Å². The van der Waals surface area contributed by atoms with Gasteiger partial charge in [0.25, 0.3) is 5.91 Å². The lowest BCUT2D eigenvalue weighted by atomic mass is 10.1. The van der Waals surface area contributed by atoms with Gasteiger partial charge < -0.3 is 14.8 Å². The molecule has 0 aromatic heterocycles. The molecule has 2 aromatic rings. The number of fused-ring (bicyclic) bond motifs is 1. The molecule has 1 aliphatic rings. The van der Waals surface area contributed by atoms with Crippen molar-refractivity contribution in [1.29, 1.82) is 0 Å². The zero-order valence-electron chi connectivity index (χ0n) is 14.5. The summed E-state index contributed by atoms with van der Waals surface area (Å²) >= 11 is 0. The molecule has 0 fully saturated rings. The van der Waals surface area contributed by atoms with E-state index in [9.17, 15) is 13.2 Å². The quantitative estimate of drug-likeness (QED) is 0.835. The molecule has 0 unspecified atom stereocenters. The molecule has 1 heterocycles. The van der Waals surface area contributed by atoms with Crippen molar-refractivity contribution < 1.29 is 22.7 Å². The number of rotatable bonds is 5. The molecule has 0 radical (unpaired) electrons. The van der Waals surface area contributed by atoms with Crippen LogP contribution in [0.5, 0.6) is 11.5 Å². The van der Waals surface area contributed by atoms with E-state index in [4.69, 9.17) is 9.47 Å². The molecule has 8 heteroatoms. The fraction of sp³-hybridized carbons (Fsp3) is 0.278. The molecule has 0 bridgehead atoms. The first-order valence-electron chi connectivity index (χ1n) is 8.11. The number of carbonyl (C=O) groups excluding carboxylic acids is 1. The predicted molar refractivity (Wildman–Crippen MR) is 98.2 cm³/mol. The maximum atomic E-state index is 12.6. The summed E-state index contributed by atoms with van der Waals surface area (Å²) < 4.78 is 36.4. The Morgan fingerprint density at radius 1 is 1.08 bits per heavy atom. The van der Waals surface area contributed by atoms with Crippen molar-refractivity contribution in [3.05, 3.63) is 53.6 Å². The van der Waals surface area contributed by atoms with E-state index in [-0.39, 0.29) is 23.2 Å². The monoisotopic (exact) mass is 376 g/mol. The topological polar surface area (TPSA) is 93.7 Å². The Bertz CT molecular complexity index is 927. The molecule has 2 N–H and O–H groups in total. The van der Waals surface area contributed by atoms with Crippen LogP contribution in [0.15, 0.2) is 42.5 Å². The Morgan fingerprint density at radius 3 is 2.50 bits per heavy atom. The molecule has 1 amide bonds. The van der Waals surface area contributed by atoms with Gasteiger partial charge in [-0.15, -0.1) is 0 Å². The van der Waals surface area contributed by atoms with Crippen LogP contribution >= 0.6 is 0 Å². The fourth-order valence-corrected chi connectivity index (χ4v) is 3.23. The van der Waals surface area contributed by atoms with Crippen LogP contribution in [0.3, 0.4) is 0 Å². The molecule has 26 heavy (non-hydrogen) atoms. The maximum absolute atomic E-state index is 12.6. The smallest absolute Gasteiger partial charge is 0.253 e. The normalized spacial score (nSPS) is 14.4. The number of amides is 1. The maximum Gasteiger partial charge on any atom is 0.253 e. The Balaban J connectivity index is 1.78. The van der Waals surface area contributed by atoms with Gasteiger partial charge >= 0.3 is 0 Å². The van der Waals surface area contributed by atoms with Gasteiger partial charge in [-0.2, -0.15) is 0 Å². The molecular weight excluding hydrogens is 356 g/mol. The van der Waals surface area contributed by atoms with Crippen molar-refractivity contribution in [1.82, 2.24) is 5.32 Å². The summed E-state index contributed by atoms with van der Waals surface area (Å²) in [5, 5.41) is 2.88. The van der Waals surface area contributed by atoms with Crippen molar-refractivity contribution in [3.63, 3.8) is 0 Å². The van der Waals surface area contributed by atoms with Crippen LogP contribution in [0.4, 0.5) is 5.69 Å². The minimum atomic E-state index is -3.48. The van der Waals surface area contributed by atoms with Gasteiger partial charge in [-0.05, 0) is 36.8 Å². The summed E-state index contributed by atoms with van der Waals surface area (Å²) in [5.41, 5.74) is 1.35. The third-order valence-electron chi connectivity index (χ3n) is 3.88. The van der Waals surface area contributed by atoms with Gasteiger partial charge in [0.15, 0.2) is 11.5 Å². The predicted octanol–water partition coefficient (Wildman–Crippen LogP) is 2.32. The first-order valence-corrected chi connectivity index (χ1v) is 10.00. The zero-order valence-corrected chi connectivity index (χ0v) is 15.3. The lowest BCUT2D eigenvalue weighted by Crippen LogP contribution is -2.28. The van der Waals surface area contributed by atoms with E-state index in [0.717, 1.165) is 11.8 Å². The minimum absolute atomic E-state index is 0.238. The van der Waals surface area contributed by atoms with Crippen LogP contribution < -0.4 is 19.5 Å². The van der Waals surface area contributed by atoms with Gasteiger partial charge in [0, 0.05) is 0 Å². The number of hydrogen-bond donors (Lipinski definition) is 2. The number of ether oxygens (including phenoxy) is 2. The van der Waals surface area contributed by atoms with E-state index in [0.29, 0.717) is 24.7 Å². The van der Waals surface area contributed by atoms with Crippen LogP contribution in [-0.2, 0) is 10.0 Å². The van der Waals surface area contributed by atoms with Crippen LogP contribution in [0.25, 0.3) is 0 Å². The van der Waals surface area contributed by atoms with Gasteiger partial charge in [0.1, 0.15) is 13.2 Å². The highest BCUT2D eigenvalue weighted by Crippen LogP contribution is 2.32. The summed E-state index contributed by atoms with van der Waals surface area (Å²) in [5.74, 6) is 0.953. The van der Waals surface area contributed by atoms with Crippen LogP contribution in [-0.4, -0.2) is 33.8 Å². The minimum Gasteiger partial charge on any atom is -0.486 e. The highest BCUT2D eigenvalue weighted by Gasteiger charge is 2.18. The van der Waals surface area contributed by atoms with Gasteiger partial charge in [-0.25, -0.2) is 8.42 Å². The molecule has 0 aliphatic carbocycles. The largest absolute Gasteiger partial charge is 0.486 e. The second-order valence-electron chi connectivity index (χ2n) is 6.02. The Morgan fingerprint density at radius 2 is 1.77 bits per heavy atom. The van der Waals surface area contributed by atoms with Gasteiger partial charge in [-0.1, -0.05) is 18.2 Å². The Hall–Kier alpha value is -2.74. The highest BCUT2D eigenvalue weighted by atomic mass is 32.2. The highest BCUT2D eigenvalue weighted by molar-refractivity contribution is 7.92. The van der Waals surface area contributed by atoms with Gasteiger partial charge in [-0.3, -0.25) is 9.52 Å². The number of hydrogen-bond acceptors (Lipinski definition) is 5. The molecule has 138 valence electrons. The van der Waals surface area contributed by atoms with Crippen molar-refractivity contribution in [2.24, 2.45) is 0 Å². The standard InChI is InChI=1S/C18H20N2O5S/c1-12(13-7-8-16-17(11-13)25-10-9-24-16)19-18(21)14-5-3-4-6-15(14)20-26(2,22)23/h3-8,11-12,20H,9-10H2,1-2H3,(H,19,21)/t12-/m1/s1. The molecule has 1 aliphatic heterocycles. The van der Waals surface area contributed by atoms with Gasteiger partial charge in [0.2, 0.25) is 10.0 Å². The van der Waals surface area contributed by atoms with E-state index < -0.39 is 10.0 Å². The van der Waals surface area contributed by atoms with Crippen molar-refractivity contribution in [2.75, 3.05) is 24.2 Å². The first-order chi connectivity index (χ1) is 12.3. The van der Waals surface area contributed by atoms with E-state index in [1.165, 1.54) is 0 Å². The average molecular weight is 376 g/mol. The fourth-order valence-electron chi connectivity index (χ4n) is 2.66. The van der Waals surface area contributed by atoms with Crippen LogP contribution in [0.2, 0.25) is 0 Å². The lowest BCUT2D eigenvalue weighted by molar-refractivity contribution is 0.0940. The van der Waals surface area contributed by atoms with E-state index in [1.54, 1.807) is 24.3 Å². The Labute approximate surface area is 152 Å². The SMILES string of the molecule is C[C@@H](NC(=O)c1ccccc1NS(C)(=O)=O)c1ccc2c(c1)OCCO2.